The molecule has 1 aromatic carbocycles. The summed E-state index contributed by atoms with van der Waals surface area (Å²) in [7, 11) is 0. The Hall–Kier alpha value is -3.15. The zero-order valence-electron chi connectivity index (χ0n) is 14.1. The van der Waals surface area contributed by atoms with Gasteiger partial charge in [0.2, 0.25) is 0 Å². The molecule has 1 aliphatic heterocycles. The first-order valence-corrected chi connectivity index (χ1v) is 7.80. The van der Waals surface area contributed by atoms with Gasteiger partial charge in [-0.3, -0.25) is 4.99 Å². The fourth-order valence-corrected chi connectivity index (χ4v) is 2.54. The van der Waals surface area contributed by atoms with Crippen LogP contribution in [0.2, 0.25) is 0 Å². The minimum atomic E-state index is -1.26. The fourth-order valence-electron chi connectivity index (χ4n) is 2.54. The largest absolute Gasteiger partial charge is 0.478 e. The second-order valence-corrected chi connectivity index (χ2v) is 5.60. The van der Waals surface area contributed by atoms with E-state index in [1.807, 2.05) is 0 Å². The molecule has 25 heavy (non-hydrogen) atoms. The normalized spacial score (nSPS) is 12.8. The minimum absolute atomic E-state index is 0.558. The maximum Gasteiger partial charge on any atom is 0.328 e. The third-order valence-corrected chi connectivity index (χ3v) is 3.74. The van der Waals surface area contributed by atoms with Gasteiger partial charge in [0.05, 0.1) is 18.0 Å². The average Bonchev–Trinajstić information content (AvgIpc) is 3.00. The number of benzene rings is 1. The minimum Gasteiger partial charge on any atom is -0.478 e. The summed E-state index contributed by atoms with van der Waals surface area (Å²) >= 11 is 0. The summed E-state index contributed by atoms with van der Waals surface area (Å²) in [4.78, 5) is 23.6. The number of carboxylic acids is 2. The Morgan fingerprint density at radius 1 is 0.960 bits per heavy atom. The number of nitrogens with zero attached hydrogens (tertiary/aromatic N) is 2. The third-order valence-electron chi connectivity index (χ3n) is 3.74. The van der Waals surface area contributed by atoms with Crippen LogP contribution < -0.4 is 0 Å². The number of aryl methyl sites for hydroxylation is 1. The van der Waals surface area contributed by atoms with Crippen molar-refractivity contribution in [2.45, 2.75) is 20.4 Å². The summed E-state index contributed by atoms with van der Waals surface area (Å²) in [6, 6.07) is 13.1. The van der Waals surface area contributed by atoms with Gasteiger partial charge in [-0.25, -0.2) is 9.59 Å². The van der Waals surface area contributed by atoms with E-state index in [2.05, 4.69) is 59.8 Å². The van der Waals surface area contributed by atoms with Crippen LogP contribution in [0.25, 0.3) is 11.3 Å². The Morgan fingerprint density at radius 3 is 2.08 bits per heavy atom. The first kappa shape index (κ1) is 18.2. The van der Waals surface area contributed by atoms with Gasteiger partial charge in [-0.05, 0) is 31.5 Å². The first-order chi connectivity index (χ1) is 11.9. The molecule has 0 aliphatic carbocycles. The van der Waals surface area contributed by atoms with Crippen molar-refractivity contribution in [2.75, 3.05) is 6.54 Å². The predicted molar refractivity (Wildman–Crippen MR) is 96.1 cm³/mol. The van der Waals surface area contributed by atoms with Crippen LogP contribution in [-0.2, 0) is 16.1 Å². The number of aliphatic carboxylic acids is 2. The molecule has 2 aromatic rings. The number of carboxylic acid groups (broad SMARTS) is 2. The predicted octanol–water partition coefficient (Wildman–Crippen LogP) is 3.00. The maximum atomic E-state index is 9.55. The van der Waals surface area contributed by atoms with Gasteiger partial charge in [0, 0.05) is 24.4 Å². The molecule has 2 heterocycles. The average molecular weight is 340 g/mol. The van der Waals surface area contributed by atoms with Crippen LogP contribution in [0.4, 0.5) is 0 Å². The van der Waals surface area contributed by atoms with E-state index in [0.717, 1.165) is 18.8 Å². The summed E-state index contributed by atoms with van der Waals surface area (Å²) in [5, 5.41) is 15.6. The molecule has 0 fully saturated rings. The fraction of sp³-hybridized carbons (Fsp3) is 0.211. The van der Waals surface area contributed by atoms with Crippen molar-refractivity contribution in [3.05, 3.63) is 59.8 Å². The summed E-state index contributed by atoms with van der Waals surface area (Å²) in [5.41, 5.74) is 6.30. The highest BCUT2D eigenvalue weighted by Gasteiger charge is 2.14. The monoisotopic (exact) mass is 340 g/mol. The van der Waals surface area contributed by atoms with Gasteiger partial charge < -0.3 is 14.8 Å². The molecule has 6 nitrogen and oxygen atoms in total. The van der Waals surface area contributed by atoms with E-state index in [1.165, 1.54) is 22.5 Å². The van der Waals surface area contributed by atoms with Crippen molar-refractivity contribution in [3.63, 3.8) is 0 Å². The van der Waals surface area contributed by atoms with Crippen molar-refractivity contribution in [2.24, 2.45) is 4.99 Å². The van der Waals surface area contributed by atoms with E-state index in [0.29, 0.717) is 12.2 Å². The molecule has 0 saturated heterocycles. The van der Waals surface area contributed by atoms with Crippen molar-refractivity contribution in [1.82, 2.24) is 4.57 Å². The number of rotatable bonds is 3. The van der Waals surface area contributed by atoms with Gasteiger partial charge in [0.1, 0.15) is 0 Å². The van der Waals surface area contributed by atoms with Crippen molar-refractivity contribution >= 4 is 17.7 Å². The molecule has 0 radical (unpaired) electrons. The number of aromatic nitrogens is 1. The second-order valence-electron chi connectivity index (χ2n) is 5.60. The first-order valence-electron chi connectivity index (χ1n) is 7.80. The molecule has 2 N–H and O–H groups in total. The van der Waals surface area contributed by atoms with Crippen molar-refractivity contribution < 1.29 is 19.8 Å². The number of hydrogen-bond acceptors (Lipinski definition) is 3. The highest BCUT2D eigenvalue weighted by molar-refractivity contribution is 5.98. The third kappa shape index (κ3) is 4.91. The van der Waals surface area contributed by atoms with Gasteiger partial charge >= 0.3 is 11.9 Å². The lowest BCUT2D eigenvalue weighted by Crippen LogP contribution is -2.16. The zero-order chi connectivity index (χ0) is 18.4. The number of carbonyl (C=O) groups is 2. The van der Waals surface area contributed by atoms with E-state index >= 15 is 0 Å². The molecule has 0 atom stereocenters. The van der Waals surface area contributed by atoms with E-state index in [4.69, 9.17) is 10.2 Å². The molecule has 3 rings (SSSR count). The van der Waals surface area contributed by atoms with Crippen LogP contribution in [-0.4, -0.2) is 39.0 Å². The highest BCUT2D eigenvalue weighted by Crippen LogP contribution is 2.25. The van der Waals surface area contributed by atoms with E-state index in [9.17, 15) is 9.59 Å². The standard InChI is InChI=1S/C15H16N2.C4H4O4/c1-11-3-5-13(6-4-11)15-8-7-14-12(2)16-9-10-17(14)15;5-3(6)1-2-4(7)8/h3-8H,9-10H2,1-2H3;1-2H,(H,5,6)(H,7,8). The molecule has 1 aliphatic rings. The Kier molecular flexibility index (Phi) is 5.89. The van der Waals surface area contributed by atoms with Crippen LogP contribution in [0, 0.1) is 6.92 Å². The molecule has 1 aromatic heterocycles. The number of aliphatic imine (C=N–C) groups is 1. The van der Waals surface area contributed by atoms with Crippen LogP contribution in [0.1, 0.15) is 18.2 Å². The summed E-state index contributed by atoms with van der Waals surface area (Å²) in [5.74, 6) is -2.51. The van der Waals surface area contributed by atoms with Crippen LogP contribution in [0.3, 0.4) is 0 Å². The maximum absolute atomic E-state index is 9.55. The number of hydrogen-bond donors (Lipinski definition) is 2. The molecular formula is C19H20N2O4. The molecule has 0 saturated carbocycles. The zero-order valence-corrected chi connectivity index (χ0v) is 14.1. The van der Waals surface area contributed by atoms with Gasteiger partial charge in [0.25, 0.3) is 0 Å². The van der Waals surface area contributed by atoms with Crippen LogP contribution >= 0.6 is 0 Å². The van der Waals surface area contributed by atoms with E-state index in [-0.39, 0.29) is 0 Å². The highest BCUT2D eigenvalue weighted by atomic mass is 16.4. The quantitative estimate of drug-likeness (QED) is 0.840. The summed E-state index contributed by atoms with van der Waals surface area (Å²) < 4.78 is 2.37. The Balaban J connectivity index is 0.000000242. The Labute approximate surface area is 145 Å². The molecule has 0 unspecified atom stereocenters. The van der Waals surface area contributed by atoms with Crippen LogP contribution in [0.5, 0.6) is 0 Å². The second kappa shape index (κ2) is 8.10. The molecule has 6 heteroatoms. The van der Waals surface area contributed by atoms with Crippen molar-refractivity contribution in [3.8, 4) is 11.3 Å². The lowest BCUT2D eigenvalue weighted by Gasteiger charge is -2.17. The van der Waals surface area contributed by atoms with E-state index in [1.54, 1.807) is 0 Å². The number of fused-ring (bicyclic) bond motifs is 1. The van der Waals surface area contributed by atoms with Crippen molar-refractivity contribution in [1.29, 1.82) is 0 Å². The molecule has 0 amide bonds. The van der Waals surface area contributed by atoms with Gasteiger partial charge in [0.15, 0.2) is 0 Å². The molecule has 0 bridgehead atoms. The molecule has 0 spiro atoms. The van der Waals surface area contributed by atoms with E-state index < -0.39 is 11.9 Å². The Morgan fingerprint density at radius 2 is 1.52 bits per heavy atom. The lowest BCUT2D eigenvalue weighted by molar-refractivity contribution is -0.134. The smallest absolute Gasteiger partial charge is 0.328 e. The molecule has 130 valence electrons. The van der Waals surface area contributed by atoms with Gasteiger partial charge in [-0.1, -0.05) is 29.8 Å². The summed E-state index contributed by atoms with van der Waals surface area (Å²) in [6.45, 7) is 6.09. The van der Waals surface area contributed by atoms with Crippen LogP contribution in [0.15, 0.2) is 53.5 Å². The SMILES string of the molecule is CC1=NCCn2c1ccc2-c1ccc(C)cc1.O=C(O)C=CC(=O)O. The van der Waals surface area contributed by atoms with Gasteiger partial charge in [-0.15, -0.1) is 0 Å². The molecular weight excluding hydrogens is 320 g/mol. The lowest BCUT2D eigenvalue weighted by atomic mass is 10.1. The topological polar surface area (TPSA) is 91.9 Å². The Bertz CT molecular complexity index is 814. The summed E-state index contributed by atoms with van der Waals surface area (Å²) in [6.07, 6.45) is 1.12. The van der Waals surface area contributed by atoms with Gasteiger partial charge in [-0.2, -0.15) is 0 Å².